The van der Waals surface area contributed by atoms with Gasteiger partial charge in [-0.1, -0.05) is 0 Å². The summed E-state index contributed by atoms with van der Waals surface area (Å²) in [5.74, 6) is 0. The first-order valence-electron chi connectivity index (χ1n) is 5.54. The molecule has 0 aliphatic rings. The molecular formula is C12H26N2O. The zero-order valence-electron chi connectivity index (χ0n) is 11.4. The van der Waals surface area contributed by atoms with Crippen molar-refractivity contribution in [2.24, 2.45) is 4.99 Å². The van der Waals surface area contributed by atoms with Crippen LogP contribution in [0.4, 0.5) is 0 Å². The Hall–Kier alpha value is -0.730. The highest BCUT2D eigenvalue weighted by Gasteiger charge is 2.19. The number of hydrogen-bond acceptors (Lipinski definition) is 2. The number of nitrogens with one attached hydrogen (secondary N) is 1. The van der Waals surface area contributed by atoms with Crippen LogP contribution in [0.5, 0.6) is 0 Å². The van der Waals surface area contributed by atoms with E-state index in [-0.39, 0.29) is 17.2 Å². The van der Waals surface area contributed by atoms with Crippen LogP contribution in [-0.2, 0) is 4.74 Å². The van der Waals surface area contributed by atoms with E-state index in [1.165, 1.54) is 0 Å². The number of ether oxygens (including phenoxy) is 1. The SMILES string of the molecule is CC(C)N=C(NC(C)(C)C)OC(C)(C)C. The fourth-order valence-electron chi connectivity index (χ4n) is 0.929. The average Bonchev–Trinajstić information content (AvgIpc) is 1.73. The fourth-order valence-corrected chi connectivity index (χ4v) is 0.929. The maximum absolute atomic E-state index is 5.76. The van der Waals surface area contributed by atoms with Gasteiger partial charge in [0.2, 0.25) is 0 Å². The fraction of sp³-hybridized carbons (Fsp3) is 0.917. The first kappa shape index (κ1) is 14.3. The van der Waals surface area contributed by atoms with Crippen LogP contribution in [-0.4, -0.2) is 23.2 Å². The van der Waals surface area contributed by atoms with Crippen molar-refractivity contribution in [1.29, 1.82) is 0 Å². The van der Waals surface area contributed by atoms with Gasteiger partial charge in [-0.2, -0.15) is 0 Å². The Morgan fingerprint density at radius 1 is 1.07 bits per heavy atom. The molecule has 0 radical (unpaired) electrons. The summed E-state index contributed by atoms with van der Waals surface area (Å²) in [6.45, 7) is 16.4. The van der Waals surface area contributed by atoms with E-state index in [0.29, 0.717) is 6.02 Å². The van der Waals surface area contributed by atoms with E-state index in [1.807, 2.05) is 34.6 Å². The number of amidine groups is 1. The molecule has 0 fully saturated rings. The Bertz CT molecular complexity index is 201. The Morgan fingerprint density at radius 2 is 1.53 bits per heavy atom. The van der Waals surface area contributed by atoms with E-state index in [1.54, 1.807) is 0 Å². The van der Waals surface area contributed by atoms with Gasteiger partial charge in [-0.25, -0.2) is 4.99 Å². The lowest BCUT2D eigenvalue weighted by Crippen LogP contribution is -2.45. The monoisotopic (exact) mass is 214 g/mol. The molecule has 3 heteroatoms. The number of rotatable bonds is 1. The minimum absolute atomic E-state index is 0.0288. The number of aliphatic imine (C=N–C) groups is 1. The van der Waals surface area contributed by atoms with Gasteiger partial charge in [-0.05, 0) is 55.4 Å². The smallest absolute Gasteiger partial charge is 0.285 e. The predicted octanol–water partition coefficient (Wildman–Crippen LogP) is 2.95. The summed E-state index contributed by atoms with van der Waals surface area (Å²) in [5.41, 5.74) is -0.245. The van der Waals surface area contributed by atoms with Crippen molar-refractivity contribution in [2.45, 2.75) is 72.6 Å². The molecule has 0 rings (SSSR count). The first-order chi connectivity index (χ1) is 6.49. The molecule has 0 unspecified atom stereocenters. The highest BCUT2D eigenvalue weighted by Crippen LogP contribution is 2.10. The van der Waals surface area contributed by atoms with Gasteiger partial charge in [0.05, 0.1) is 0 Å². The summed E-state index contributed by atoms with van der Waals surface area (Å²) < 4.78 is 5.76. The lowest BCUT2D eigenvalue weighted by Gasteiger charge is -2.28. The van der Waals surface area contributed by atoms with Gasteiger partial charge in [0, 0.05) is 11.6 Å². The predicted molar refractivity (Wildman–Crippen MR) is 66.3 cm³/mol. The van der Waals surface area contributed by atoms with Gasteiger partial charge in [-0.15, -0.1) is 0 Å². The van der Waals surface area contributed by atoms with E-state index in [0.717, 1.165) is 0 Å². The van der Waals surface area contributed by atoms with Crippen molar-refractivity contribution in [3.8, 4) is 0 Å². The van der Waals surface area contributed by atoms with Crippen LogP contribution in [0.2, 0.25) is 0 Å². The summed E-state index contributed by atoms with van der Waals surface area (Å²) in [6.07, 6.45) is 0. The molecule has 0 spiro atoms. The highest BCUT2D eigenvalue weighted by atomic mass is 16.5. The standard InChI is InChI=1S/C12H26N2O/c1-9(2)13-10(14-11(3,4)5)15-12(6,7)8/h9H,1-8H3,(H,13,14). The summed E-state index contributed by atoms with van der Waals surface area (Å²) in [7, 11) is 0. The highest BCUT2D eigenvalue weighted by molar-refractivity contribution is 5.74. The van der Waals surface area contributed by atoms with Gasteiger partial charge < -0.3 is 10.1 Å². The van der Waals surface area contributed by atoms with Gasteiger partial charge in [0.25, 0.3) is 6.02 Å². The average molecular weight is 214 g/mol. The molecule has 0 bridgehead atoms. The summed E-state index contributed by atoms with van der Waals surface area (Å²) in [4.78, 5) is 4.43. The van der Waals surface area contributed by atoms with Crippen LogP contribution in [0.3, 0.4) is 0 Å². The molecule has 0 atom stereocenters. The van der Waals surface area contributed by atoms with Crippen molar-refractivity contribution in [3.05, 3.63) is 0 Å². The first-order valence-corrected chi connectivity index (χ1v) is 5.54. The molecule has 15 heavy (non-hydrogen) atoms. The molecule has 0 aliphatic heterocycles. The van der Waals surface area contributed by atoms with E-state index in [9.17, 15) is 0 Å². The zero-order valence-corrected chi connectivity index (χ0v) is 11.4. The van der Waals surface area contributed by atoms with Gasteiger partial charge in [0.1, 0.15) is 5.60 Å². The summed E-state index contributed by atoms with van der Waals surface area (Å²) >= 11 is 0. The van der Waals surface area contributed by atoms with Crippen molar-refractivity contribution in [3.63, 3.8) is 0 Å². The van der Waals surface area contributed by atoms with Gasteiger partial charge >= 0.3 is 0 Å². The minimum atomic E-state index is -0.216. The third-order valence-corrected chi connectivity index (χ3v) is 1.26. The van der Waals surface area contributed by atoms with Crippen LogP contribution < -0.4 is 5.32 Å². The molecule has 0 aromatic heterocycles. The Labute approximate surface area is 94.3 Å². The number of hydrogen-bond donors (Lipinski definition) is 1. The third kappa shape index (κ3) is 9.57. The van der Waals surface area contributed by atoms with E-state index in [4.69, 9.17) is 4.74 Å². The van der Waals surface area contributed by atoms with Crippen molar-refractivity contribution >= 4 is 6.02 Å². The molecule has 0 saturated carbocycles. The zero-order chi connectivity index (χ0) is 12.3. The second-order valence-corrected chi connectivity index (χ2v) is 6.12. The van der Waals surface area contributed by atoms with Crippen LogP contribution in [0.15, 0.2) is 4.99 Å². The molecule has 0 aromatic carbocycles. The lowest BCUT2D eigenvalue weighted by atomic mass is 10.1. The van der Waals surface area contributed by atoms with E-state index in [2.05, 4.69) is 31.1 Å². The van der Waals surface area contributed by atoms with E-state index >= 15 is 0 Å². The Kier molecular flexibility index (Phi) is 4.63. The summed E-state index contributed by atoms with van der Waals surface area (Å²) in [5, 5.41) is 3.27. The van der Waals surface area contributed by atoms with Crippen LogP contribution in [0.25, 0.3) is 0 Å². The number of nitrogens with zero attached hydrogens (tertiary/aromatic N) is 1. The molecule has 0 heterocycles. The van der Waals surface area contributed by atoms with Crippen LogP contribution in [0, 0.1) is 0 Å². The van der Waals surface area contributed by atoms with Crippen molar-refractivity contribution in [2.75, 3.05) is 0 Å². The lowest BCUT2D eigenvalue weighted by molar-refractivity contribution is 0.104. The molecule has 1 N–H and O–H groups in total. The van der Waals surface area contributed by atoms with E-state index < -0.39 is 0 Å². The minimum Gasteiger partial charge on any atom is -0.460 e. The maximum Gasteiger partial charge on any atom is 0.285 e. The van der Waals surface area contributed by atoms with Gasteiger partial charge in [-0.3, -0.25) is 0 Å². The Morgan fingerprint density at radius 3 is 1.80 bits per heavy atom. The molecule has 0 aromatic rings. The summed E-state index contributed by atoms with van der Waals surface area (Å²) in [6, 6.07) is 0.863. The Balaban J connectivity index is 4.62. The normalized spacial score (nSPS) is 14.3. The van der Waals surface area contributed by atoms with Crippen molar-refractivity contribution in [1.82, 2.24) is 5.32 Å². The quantitative estimate of drug-likeness (QED) is 0.538. The topological polar surface area (TPSA) is 33.6 Å². The molecule has 0 aliphatic carbocycles. The second kappa shape index (κ2) is 4.86. The molecule has 0 saturated heterocycles. The van der Waals surface area contributed by atoms with Crippen LogP contribution in [0.1, 0.15) is 55.4 Å². The van der Waals surface area contributed by atoms with Crippen molar-refractivity contribution < 1.29 is 4.74 Å². The molecule has 3 nitrogen and oxygen atoms in total. The third-order valence-electron chi connectivity index (χ3n) is 1.26. The second-order valence-electron chi connectivity index (χ2n) is 6.12. The molecule has 0 amide bonds. The molecule has 90 valence electrons. The van der Waals surface area contributed by atoms with Gasteiger partial charge in [0.15, 0.2) is 0 Å². The van der Waals surface area contributed by atoms with Crippen LogP contribution >= 0.6 is 0 Å². The largest absolute Gasteiger partial charge is 0.460 e. The maximum atomic E-state index is 5.76. The molecular weight excluding hydrogens is 188 g/mol.